The number of nitrogens with zero attached hydrogens (tertiary/aromatic N) is 2. The molecule has 1 aromatic heterocycles. The lowest BCUT2D eigenvalue weighted by molar-refractivity contribution is 0.461. The van der Waals surface area contributed by atoms with Gasteiger partial charge in [0.2, 0.25) is 11.8 Å². The van der Waals surface area contributed by atoms with E-state index >= 15 is 0 Å². The Bertz CT molecular complexity index is 526. The molecule has 0 saturated carbocycles. The lowest BCUT2D eigenvalue weighted by atomic mass is 10.0. The quantitative estimate of drug-likeness (QED) is 0.893. The molecule has 4 nitrogen and oxygen atoms in total. The fraction of sp³-hybridized carbons (Fsp3) is 0.286. The van der Waals surface area contributed by atoms with Crippen LogP contribution < -0.4 is 10.1 Å². The van der Waals surface area contributed by atoms with Gasteiger partial charge in [-0.2, -0.15) is 4.98 Å². The maximum atomic E-state index is 5.72. The highest BCUT2D eigenvalue weighted by Gasteiger charge is 2.03. The zero-order valence-electron chi connectivity index (χ0n) is 10.8. The van der Waals surface area contributed by atoms with E-state index in [0.29, 0.717) is 17.7 Å². The fourth-order valence-electron chi connectivity index (χ4n) is 1.58. The van der Waals surface area contributed by atoms with Crippen molar-refractivity contribution in [3.8, 4) is 11.6 Å². The van der Waals surface area contributed by atoms with Crippen LogP contribution in [0.25, 0.3) is 0 Å². The first-order valence-corrected chi connectivity index (χ1v) is 5.97. The summed E-state index contributed by atoms with van der Waals surface area (Å²) in [5.41, 5.74) is 1.25. The Labute approximate surface area is 107 Å². The third kappa shape index (κ3) is 2.97. The van der Waals surface area contributed by atoms with E-state index in [9.17, 15) is 0 Å². The lowest BCUT2D eigenvalue weighted by Crippen LogP contribution is -1.97. The monoisotopic (exact) mass is 243 g/mol. The summed E-state index contributed by atoms with van der Waals surface area (Å²) in [7, 11) is 1.78. The highest BCUT2D eigenvalue weighted by molar-refractivity contribution is 5.34. The number of hydrogen-bond acceptors (Lipinski definition) is 4. The largest absolute Gasteiger partial charge is 0.439 e. The number of nitrogens with one attached hydrogen (secondary N) is 1. The van der Waals surface area contributed by atoms with Crippen LogP contribution in [0.1, 0.15) is 25.3 Å². The molecule has 0 fully saturated rings. The lowest BCUT2D eigenvalue weighted by Gasteiger charge is -2.09. The molecule has 0 unspecified atom stereocenters. The molecule has 1 heterocycles. The smallest absolute Gasteiger partial charge is 0.225 e. The Morgan fingerprint density at radius 2 is 2.06 bits per heavy atom. The maximum absolute atomic E-state index is 5.72. The molecule has 2 aromatic rings. The minimum absolute atomic E-state index is 0.479. The first kappa shape index (κ1) is 12.4. The molecular weight excluding hydrogens is 226 g/mol. The van der Waals surface area contributed by atoms with Crippen LogP contribution in [0.15, 0.2) is 36.5 Å². The Balaban J connectivity index is 2.20. The molecule has 0 aliphatic rings. The second-order valence-electron chi connectivity index (χ2n) is 4.30. The van der Waals surface area contributed by atoms with Crippen LogP contribution in [-0.2, 0) is 0 Å². The Hall–Kier alpha value is -2.10. The highest BCUT2D eigenvalue weighted by Crippen LogP contribution is 2.24. The van der Waals surface area contributed by atoms with Crippen molar-refractivity contribution in [2.75, 3.05) is 12.4 Å². The standard InChI is InChI=1S/C14H17N3O/c1-10(2)11-5-4-6-12(9-11)18-13-7-8-16-14(15-3)17-13/h4-10H,1-3H3,(H,15,16,17). The van der Waals surface area contributed by atoms with Crippen LogP contribution >= 0.6 is 0 Å². The molecule has 1 aromatic carbocycles. The zero-order chi connectivity index (χ0) is 13.0. The molecule has 0 amide bonds. The Morgan fingerprint density at radius 1 is 1.22 bits per heavy atom. The molecule has 0 bridgehead atoms. The van der Waals surface area contributed by atoms with Gasteiger partial charge in [-0.3, -0.25) is 0 Å². The van der Waals surface area contributed by atoms with Crippen molar-refractivity contribution in [2.24, 2.45) is 0 Å². The van der Waals surface area contributed by atoms with E-state index in [0.717, 1.165) is 5.75 Å². The van der Waals surface area contributed by atoms with Gasteiger partial charge in [-0.15, -0.1) is 0 Å². The van der Waals surface area contributed by atoms with Gasteiger partial charge in [0, 0.05) is 19.3 Å². The van der Waals surface area contributed by atoms with Crippen LogP contribution in [0, 0.1) is 0 Å². The molecule has 0 aliphatic carbocycles. The summed E-state index contributed by atoms with van der Waals surface area (Å²) in [5, 5.41) is 2.88. The second kappa shape index (κ2) is 5.49. The summed E-state index contributed by atoms with van der Waals surface area (Å²) < 4.78 is 5.72. The van der Waals surface area contributed by atoms with Crippen LogP contribution in [0.3, 0.4) is 0 Å². The van der Waals surface area contributed by atoms with E-state index in [4.69, 9.17) is 4.74 Å². The third-order valence-electron chi connectivity index (χ3n) is 2.60. The average molecular weight is 243 g/mol. The normalized spacial score (nSPS) is 10.4. The van der Waals surface area contributed by atoms with E-state index in [-0.39, 0.29) is 0 Å². The van der Waals surface area contributed by atoms with Crippen molar-refractivity contribution >= 4 is 5.95 Å². The molecule has 0 atom stereocenters. The maximum Gasteiger partial charge on any atom is 0.225 e. The number of benzene rings is 1. The predicted octanol–water partition coefficient (Wildman–Crippen LogP) is 3.43. The Morgan fingerprint density at radius 3 is 2.78 bits per heavy atom. The molecule has 94 valence electrons. The number of anilines is 1. The van der Waals surface area contributed by atoms with Crippen LogP contribution in [-0.4, -0.2) is 17.0 Å². The summed E-state index contributed by atoms with van der Waals surface area (Å²) in [5.74, 6) is 2.36. The Kier molecular flexibility index (Phi) is 3.77. The van der Waals surface area contributed by atoms with Gasteiger partial charge in [-0.1, -0.05) is 26.0 Å². The van der Waals surface area contributed by atoms with Gasteiger partial charge < -0.3 is 10.1 Å². The van der Waals surface area contributed by atoms with E-state index in [1.807, 2.05) is 18.2 Å². The molecule has 0 radical (unpaired) electrons. The average Bonchev–Trinajstić information content (AvgIpc) is 2.39. The topological polar surface area (TPSA) is 47.0 Å². The first-order chi connectivity index (χ1) is 8.69. The van der Waals surface area contributed by atoms with E-state index < -0.39 is 0 Å². The van der Waals surface area contributed by atoms with E-state index in [1.54, 1.807) is 19.3 Å². The fourth-order valence-corrected chi connectivity index (χ4v) is 1.58. The molecule has 0 saturated heterocycles. The third-order valence-corrected chi connectivity index (χ3v) is 2.60. The van der Waals surface area contributed by atoms with Gasteiger partial charge in [-0.25, -0.2) is 4.98 Å². The number of hydrogen-bond donors (Lipinski definition) is 1. The number of aromatic nitrogens is 2. The zero-order valence-corrected chi connectivity index (χ0v) is 10.8. The minimum Gasteiger partial charge on any atom is -0.439 e. The number of rotatable bonds is 4. The van der Waals surface area contributed by atoms with E-state index in [1.165, 1.54) is 5.56 Å². The van der Waals surface area contributed by atoms with Crippen molar-refractivity contribution in [2.45, 2.75) is 19.8 Å². The summed E-state index contributed by atoms with van der Waals surface area (Å²) >= 11 is 0. The van der Waals surface area contributed by atoms with E-state index in [2.05, 4.69) is 35.2 Å². The second-order valence-corrected chi connectivity index (χ2v) is 4.30. The van der Waals surface area contributed by atoms with Crippen LogP contribution in [0.2, 0.25) is 0 Å². The van der Waals surface area contributed by atoms with Gasteiger partial charge in [0.15, 0.2) is 0 Å². The predicted molar refractivity (Wildman–Crippen MR) is 72.2 cm³/mol. The minimum atomic E-state index is 0.479. The summed E-state index contributed by atoms with van der Waals surface area (Å²) in [6.45, 7) is 4.31. The molecule has 0 spiro atoms. The first-order valence-electron chi connectivity index (χ1n) is 5.97. The van der Waals surface area contributed by atoms with Crippen molar-refractivity contribution in [1.29, 1.82) is 0 Å². The summed E-state index contributed by atoms with van der Waals surface area (Å²) in [6.07, 6.45) is 1.67. The molecular formula is C14H17N3O. The summed E-state index contributed by atoms with van der Waals surface area (Å²) in [6, 6.07) is 9.78. The summed E-state index contributed by atoms with van der Waals surface area (Å²) in [4.78, 5) is 8.26. The molecule has 18 heavy (non-hydrogen) atoms. The molecule has 4 heteroatoms. The van der Waals surface area contributed by atoms with Gasteiger partial charge in [0.1, 0.15) is 5.75 Å². The van der Waals surface area contributed by atoms with Crippen LogP contribution in [0.4, 0.5) is 5.95 Å². The highest BCUT2D eigenvalue weighted by atomic mass is 16.5. The van der Waals surface area contributed by atoms with Gasteiger partial charge >= 0.3 is 0 Å². The van der Waals surface area contributed by atoms with Crippen molar-refractivity contribution in [3.63, 3.8) is 0 Å². The van der Waals surface area contributed by atoms with Crippen molar-refractivity contribution in [1.82, 2.24) is 9.97 Å². The van der Waals surface area contributed by atoms with Gasteiger partial charge in [-0.05, 0) is 23.6 Å². The van der Waals surface area contributed by atoms with Crippen molar-refractivity contribution in [3.05, 3.63) is 42.1 Å². The molecule has 2 rings (SSSR count). The molecule has 1 N–H and O–H groups in total. The molecule has 0 aliphatic heterocycles. The van der Waals surface area contributed by atoms with Crippen molar-refractivity contribution < 1.29 is 4.74 Å². The van der Waals surface area contributed by atoms with Gasteiger partial charge in [0.25, 0.3) is 0 Å². The van der Waals surface area contributed by atoms with Crippen LogP contribution in [0.5, 0.6) is 11.6 Å². The van der Waals surface area contributed by atoms with Gasteiger partial charge in [0.05, 0.1) is 0 Å². The number of ether oxygens (including phenoxy) is 1. The SMILES string of the molecule is CNc1nccc(Oc2cccc(C(C)C)c2)n1.